The van der Waals surface area contributed by atoms with Gasteiger partial charge in [0, 0.05) is 22.9 Å². The molecule has 0 saturated heterocycles. The maximum Gasteiger partial charge on any atom is 0.162 e. The minimum atomic E-state index is -0.0645. The molecular formula is C15H13Cl2NO3. The second-order valence-electron chi connectivity index (χ2n) is 4.12. The Morgan fingerprint density at radius 3 is 2.43 bits per heavy atom. The second-order valence-corrected chi connectivity index (χ2v) is 4.97. The van der Waals surface area contributed by atoms with Crippen LogP contribution in [0.5, 0.6) is 17.2 Å². The lowest BCUT2D eigenvalue weighted by molar-refractivity contribution is 0.355. The van der Waals surface area contributed by atoms with E-state index in [1.807, 2.05) is 0 Å². The second kappa shape index (κ2) is 6.70. The van der Waals surface area contributed by atoms with Crippen LogP contribution in [-0.2, 0) is 0 Å². The van der Waals surface area contributed by atoms with Crippen LogP contribution in [0.2, 0.25) is 10.0 Å². The number of ether oxygens (including phenoxy) is 2. The fraction of sp³-hybridized carbons (Fsp3) is 0.133. The molecule has 2 rings (SSSR count). The smallest absolute Gasteiger partial charge is 0.162 e. The Morgan fingerprint density at radius 2 is 1.76 bits per heavy atom. The molecule has 21 heavy (non-hydrogen) atoms. The van der Waals surface area contributed by atoms with Gasteiger partial charge in [-0.25, -0.2) is 0 Å². The van der Waals surface area contributed by atoms with Crippen LogP contribution in [0.4, 0.5) is 5.69 Å². The van der Waals surface area contributed by atoms with Gasteiger partial charge in [0.1, 0.15) is 5.75 Å². The van der Waals surface area contributed by atoms with Gasteiger partial charge >= 0.3 is 0 Å². The highest BCUT2D eigenvalue weighted by Crippen LogP contribution is 2.32. The van der Waals surface area contributed by atoms with Gasteiger partial charge < -0.3 is 14.6 Å². The first-order valence-corrected chi connectivity index (χ1v) is 6.75. The quantitative estimate of drug-likeness (QED) is 0.844. The lowest BCUT2D eigenvalue weighted by Gasteiger charge is -2.07. The Kier molecular flexibility index (Phi) is 4.94. The van der Waals surface area contributed by atoms with Crippen LogP contribution in [0.15, 0.2) is 35.3 Å². The van der Waals surface area contributed by atoms with Crippen molar-refractivity contribution in [3.8, 4) is 17.2 Å². The van der Waals surface area contributed by atoms with Gasteiger partial charge in [0.15, 0.2) is 11.5 Å². The third-order valence-electron chi connectivity index (χ3n) is 2.78. The van der Waals surface area contributed by atoms with Crippen molar-refractivity contribution >= 4 is 35.1 Å². The maximum absolute atomic E-state index is 9.86. The molecule has 0 bridgehead atoms. The first-order valence-electron chi connectivity index (χ1n) is 5.99. The summed E-state index contributed by atoms with van der Waals surface area (Å²) in [5.41, 5.74) is 1.07. The van der Waals surface area contributed by atoms with Crippen molar-refractivity contribution in [2.75, 3.05) is 14.2 Å². The van der Waals surface area contributed by atoms with E-state index in [-0.39, 0.29) is 10.8 Å². The summed E-state index contributed by atoms with van der Waals surface area (Å²) in [5, 5.41) is 10.5. The number of nitrogens with zero attached hydrogens (tertiary/aromatic N) is 1. The summed E-state index contributed by atoms with van der Waals surface area (Å²) < 4.78 is 10.4. The Bertz CT molecular complexity index is 687. The number of rotatable bonds is 4. The van der Waals surface area contributed by atoms with Crippen molar-refractivity contribution in [1.82, 2.24) is 0 Å². The minimum Gasteiger partial charge on any atom is -0.506 e. The van der Waals surface area contributed by atoms with E-state index in [0.717, 1.165) is 0 Å². The van der Waals surface area contributed by atoms with Crippen LogP contribution < -0.4 is 9.47 Å². The van der Waals surface area contributed by atoms with Crippen LogP contribution in [0.3, 0.4) is 0 Å². The fourth-order valence-electron chi connectivity index (χ4n) is 1.73. The summed E-state index contributed by atoms with van der Waals surface area (Å²) in [5.74, 6) is 1.12. The Balaban J connectivity index is 2.34. The molecule has 0 spiro atoms. The minimum absolute atomic E-state index is 0.0645. The molecule has 0 atom stereocenters. The van der Waals surface area contributed by atoms with Gasteiger partial charge in [0.25, 0.3) is 0 Å². The third kappa shape index (κ3) is 3.60. The molecule has 4 nitrogen and oxygen atoms in total. The van der Waals surface area contributed by atoms with Gasteiger partial charge in [-0.1, -0.05) is 23.2 Å². The number of benzene rings is 2. The van der Waals surface area contributed by atoms with E-state index in [2.05, 4.69) is 4.99 Å². The summed E-state index contributed by atoms with van der Waals surface area (Å²) in [6.45, 7) is 0. The Labute approximate surface area is 132 Å². The number of aromatic hydroxyl groups is 1. The molecule has 0 aliphatic heterocycles. The summed E-state index contributed by atoms with van der Waals surface area (Å²) in [6, 6.07) is 8.27. The highest BCUT2D eigenvalue weighted by molar-refractivity contribution is 6.36. The first-order chi connectivity index (χ1) is 10.0. The molecule has 6 heteroatoms. The standard InChI is InChI=1S/C15H13Cl2NO3/c1-20-13-4-3-11(7-14(13)21-2)18-8-9-5-10(16)6-12(17)15(9)19/h3-8,19H,1-2H3. The van der Waals surface area contributed by atoms with Crippen molar-refractivity contribution in [1.29, 1.82) is 0 Å². The lowest BCUT2D eigenvalue weighted by atomic mass is 10.2. The molecule has 0 aliphatic rings. The SMILES string of the molecule is COc1ccc(N=Cc2cc(Cl)cc(Cl)c2O)cc1OC. The van der Waals surface area contributed by atoms with Crippen molar-refractivity contribution in [2.24, 2.45) is 4.99 Å². The van der Waals surface area contributed by atoms with Crippen molar-refractivity contribution in [3.63, 3.8) is 0 Å². The van der Waals surface area contributed by atoms with Crippen LogP contribution in [0.1, 0.15) is 5.56 Å². The van der Waals surface area contributed by atoms with E-state index < -0.39 is 0 Å². The molecule has 0 aromatic heterocycles. The Morgan fingerprint density at radius 1 is 1.05 bits per heavy atom. The normalized spacial score (nSPS) is 10.9. The molecule has 2 aromatic rings. The third-order valence-corrected chi connectivity index (χ3v) is 3.28. The van der Waals surface area contributed by atoms with Gasteiger partial charge in [0.2, 0.25) is 0 Å². The predicted octanol–water partition coefficient (Wildman–Crippen LogP) is 4.47. The summed E-state index contributed by atoms with van der Waals surface area (Å²) in [6.07, 6.45) is 1.48. The van der Waals surface area contributed by atoms with E-state index in [1.54, 1.807) is 38.5 Å². The van der Waals surface area contributed by atoms with Gasteiger partial charge in [-0.15, -0.1) is 0 Å². The van der Waals surface area contributed by atoms with E-state index in [9.17, 15) is 5.11 Å². The number of phenols is 1. The van der Waals surface area contributed by atoms with Gasteiger partial charge in [-0.2, -0.15) is 0 Å². The largest absolute Gasteiger partial charge is 0.506 e. The molecule has 1 N–H and O–H groups in total. The van der Waals surface area contributed by atoms with Gasteiger partial charge in [-0.3, -0.25) is 4.99 Å². The van der Waals surface area contributed by atoms with Crippen LogP contribution in [0, 0.1) is 0 Å². The average Bonchev–Trinajstić information content (AvgIpc) is 2.49. The monoisotopic (exact) mass is 325 g/mol. The van der Waals surface area contributed by atoms with E-state index in [1.165, 1.54) is 12.3 Å². The zero-order valence-electron chi connectivity index (χ0n) is 11.4. The summed E-state index contributed by atoms with van der Waals surface area (Å²) in [7, 11) is 3.11. The van der Waals surface area contributed by atoms with Crippen LogP contribution >= 0.6 is 23.2 Å². The van der Waals surface area contributed by atoms with E-state index >= 15 is 0 Å². The molecule has 0 unspecified atom stereocenters. The van der Waals surface area contributed by atoms with E-state index in [4.69, 9.17) is 32.7 Å². The molecule has 0 saturated carbocycles. The maximum atomic E-state index is 9.86. The van der Waals surface area contributed by atoms with Crippen molar-refractivity contribution < 1.29 is 14.6 Å². The molecule has 2 aromatic carbocycles. The van der Waals surface area contributed by atoms with Gasteiger partial charge in [-0.05, 0) is 24.3 Å². The number of halogens is 2. The molecule has 0 amide bonds. The number of aliphatic imine (C=N–C) groups is 1. The molecule has 0 aliphatic carbocycles. The fourth-order valence-corrected chi connectivity index (χ4v) is 2.24. The molecule has 0 fully saturated rings. The number of methoxy groups -OCH3 is 2. The molecule has 0 radical (unpaired) electrons. The Hall–Kier alpha value is -1.91. The molecule has 0 heterocycles. The zero-order valence-corrected chi connectivity index (χ0v) is 12.9. The van der Waals surface area contributed by atoms with Crippen molar-refractivity contribution in [3.05, 3.63) is 45.9 Å². The number of phenolic OH excluding ortho intramolecular Hbond substituents is 1. The van der Waals surface area contributed by atoms with Crippen LogP contribution in [0.25, 0.3) is 0 Å². The van der Waals surface area contributed by atoms with Crippen molar-refractivity contribution in [2.45, 2.75) is 0 Å². The highest BCUT2D eigenvalue weighted by atomic mass is 35.5. The first kappa shape index (κ1) is 15.5. The molecular weight excluding hydrogens is 313 g/mol. The zero-order chi connectivity index (χ0) is 15.4. The average molecular weight is 326 g/mol. The van der Waals surface area contributed by atoms with Gasteiger partial charge in [0.05, 0.1) is 24.9 Å². The molecule has 110 valence electrons. The topological polar surface area (TPSA) is 51.0 Å². The highest BCUT2D eigenvalue weighted by Gasteiger charge is 2.07. The summed E-state index contributed by atoms with van der Waals surface area (Å²) >= 11 is 11.8. The lowest BCUT2D eigenvalue weighted by Crippen LogP contribution is -1.89. The number of hydrogen-bond donors (Lipinski definition) is 1. The predicted molar refractivity (Wildman–Crippen MR) is 84.9 cm³/mol. The van der Waals surface area contributed by atoms with Crippen LogP contribution in [-0.4, -0.2) is 25.5 Å². The summed E-state index contributed by atoms with van der Waals surface area (Å²) in [4.78, 5) is 4.27. The van der Waals surface area contributed by atoms with E-state index in [0.29, 0.717) is 27.8 Å². The number of hydrogen-bond acceptors (Lipinski definition) is 4.